The second-order valence-electron chi connectivity index (χ2n) is 6.32. The van der Waals surface area contributed by atoms with Gasteiger partial charge in [0, 0.05) is 18.6 Å². The summed E-state index contributed by atoms with van der Waals surface area (Å²) in [5.41, 5.74) is 1.87. The van der Waals surface area contributed by atoms with Gasteiger partial charge in [-0.1, -0.05) is 49.6 Å². The van der Waals surface area contributed by atoms with Crippen molar-refractivity contribution in [2.45, 2.75) is 50.6 Å². The van der Waals surface area contributed by atoms with Crippen molar-refractivity contribution in [1.82, 2.24) is 10.2 Å². The van der Waals surface area contributed by atoms with Crippen LogP contribution in [0.1, 0.15) is 44.1 Å². The maximum absolute atomic E-state index is 3.87. The molecule has 1 heterocycles. The predicted octanol–water partition coefficient (Wildman–Crippen LogP) is 3.18. The van der Waals surface area contributed by atoms with Gasteiger partial charge in [-0.2, -0.15) is 0 Å². The Morgan fingerprint density at radius 1 is 1.00 bits per heavy atom. The molecule has 1 N–H and O–H groups in total. The molecule has 19 heavy (non-hydrogen) atoms. The third kappa shape index (κ3) is 3.37. The van der Waals surface area contributed by atoms with Crippen LogP contribution >= 0.6 is 0 Å². The number of hydrogen-bond donors (Lipinski definition) is 1. The van der Waals surface area contributed by atoms with Crippen LogP contribution in [0.15, 0.2) is 30.3 Å². The summed E-state index contributed by atoms with van der Waals surface area (Å²) in [6.45, 7) is 4.79. The zero-order valence-corrected chi connectivity index (χ0v) is 11.9. The first-order chi connectivity index (χ1) is 9.36. The summed E-state index contributed by atoms with van der Waals surface area (Å²) >= 11 is 0. The molecule has 1 aromatic carbocycles. The first kappa shape index (κ1) is 13.1. The van der Waals surface area contributed by atoms with Crippen LogP contribution in [0.5, 0.6) is 0 Å². The number of nitrogens with zero attached hydrogens (tertiary/aromatic N) is 1. The second kappa shape index (κ2) is 6.06. The van der Waals surface area contributed by atoms with Crippen molar-refractivity contribution in [2.24, 2.45) is 0 Å². The highest BCUT2D eigenvalue weighted by molar-refractivity contribution is 5.14. The van der Waals surface area contributed by atoms with Gasteiger partial charge in [-0.05, 0) is 37.9 Å². The smallest absolute Gasteiger partial charge is 0.0308 e. The Kier molecular flexibility index (Phi) is 4.19. The summed E-state index contributed by atoms with van der Waals surface area (Å²) in [5, 5.41) is 3.87. The molecule has 1 spiro atoms. The minimum Gasteiger partial charge on any atom is -0.310 e. The molecule has 1 saturated heterocycles. The average molecular weight is 258 g/mol. The van der Waals surface area contributed by atoms with Crippen LogP contribution in [0.2, 0.25) is 0 Å². The summed E-state index contributed by atoms with van der Waals surface area (Å²) in [4.78, 5) is 2.67. The van der Waals surface area contributed by atoms with E-state index in [2.05, 4.69) is 40.5 Å². The van der Waals surface area contributed by atoms with Crippen LogP contribution in [0.4, 0.5) is 0 Å². The summed E-state index contributed by atoms with van der Waals surface area (Å²) < 4.78 is 0. The maximum atomic E-state index is 3.87. The largest absolute Gasteiger partial charge is 0.310 e. The van der Waals surface area contributed by atoms with Crippen LogP contribution in [0.25, 0.3) is 0 Å². The predicted molar refractivity (Wildman–Crippen MR) is 80.2 cm³/mol. The Morgan fingerprint density at radius 3 is 2.58 bits per heavy atom. The van der Waals surface area contributed by atoms with Gasteiger partial charge in [0.1, 0.15) is 0 Å². The molecule has 1 aliphatic heterocycles. The Morgan fingerprint density at radius 2 is 1.79 bits per heavy atom. The summed E-state index contributed by atoms with van der Waals surface area (Å²) in [5.74, 6) is 0. The molecule has 0 atom stereocenters. The maximum Gasteiger partial charge on any atom is 0.0308 e. The molecule has 0 amide bonds. The van der Waals surface area contributed by atoms with E-state index in [9.17, 15) is 0 Å². The van der Waals surface area contributed by atoms with Gasteiger partial charge in [-0.3, -0.25) is 4.90 Å². The van der Waals surface area contributed by atoms with Crippen molar-refractivity contribution in [3.05, 3.63) is 35.9 Å². The average Bonchev–Trinajstić information content (AvgIpc) is 2.63. The molecule has 104 valence electrons. The van der Waals surface area contributed by atoms with Gasteiger partial charge in [-0.25, -0.2) is 0 Å². The Balaban J connectivity index is 1.67. The van der Waals surface area contributed by atoms with Crippen LogP contribution < -0.4 is 5.32 Å². The van der Waals surface area contributed by atoms with Crippen LogP contribution in [0, 0.1) is 0 Å². The van der Waals surface area contributed by atoms with Crippen molar-refractivity contribution < 1.29 is 0 Å². The van der Waals surface area contributed by atoms with Gasteiger partial charge >= 0.3 is 0 Å². The van der Waals surface area contributed by atoms with E-state index >= 15 is 0 Å². The van der Waals surface area contributed by atoms with Crippen molar-refractivity contribution >= 4 is 0 Å². The Hall–Kier alpha value is -0.860. The molecule has 0 unspecified atom stereocenters. The van der Waals surface area contributed by atoms with Crippen LogP contribution in [0.3, 0.4) is 0 Å². The van der Waals surface area contributed by atoms with E-state index in [0.717, 1.165) is 6.54 Å². The lowest BCUT2D eigenvalue weighted by Crippen LogP contribution is -2.52. The summed E-state index contributed by atoms with van der Waals surface area (Å²) in [7, 11) is 0. The standard InChI is InChI=1S/C17H26N2/c1-3-8-16(9-4-1)14-19-13-7-12-18-17(15-19)10-5-2-6-11-17/h1,3-4,8-9,18H,2,5-7,10-15H2. The number of rotatable bonds is 2. The van der Waals surface area contributed by atoms with E-state index < -0.39 is 0 Å². The lowest BCUT2D eigenvalue weighted by atomic mass is 9.81. The molecule has 0 aromatic heterocycles. The fraction of sp³-hybridized carbons (Fsp3) is 0.647. The van der Waals surface area contributed by atoms with E-state index in [-0.39, 0.29) is 0 Å². The van der Waals surface area contributed by atoms with Crippen molar-refractivity contribution in [2.75, 3.05) is 19.6 Å². The molecule has 3 rings (SSSR count). The van der Waals surface area contributed by atoms with Crippen LogP contribution in [-0.4, -0.2) is 30.1 Å². The van der Waals surface area contributed by atoms with E-state index in [0.29, 0.717) is 5.54 Å². The quantitative estimate of drug-likeness (QED) is 0.876. The van der Waals surface area contributed by atoms with Gasteiger partial charge in [0.25, 0.3) is 0 Å². The normalized spacial score (nSPS) is 24.2. The van der Waals surface area contributed by atoms with Crippen molar-refractivity contribution in [1.29, 1.82) is 0 Å². The zero-order chi connectivity index (χ0) is 13.0. The minimum atomic E-state index is 0.420. The highest BCUT2D eigenvalue weighted by Gasteiger charge is 2.34. The molecular formula is C17H26N2. The van der Waals surface area contributed by atoms with E-state index in [4.69, 9.17) is 0 Å². The van der Waals surface area contributed by atoms with Gasteiger partial charge in [0.2, 0.25) is 0 Å². The fourth-order valence-corrected chi connectivity index (χ4v) is 3.76. The van der Waals surface area contributed by atoms with Crippen molar-refractivity contribution in [3.8, 4) is 0 Å². The monoisotopic (exact) mass is 258 g/mol. The fourth-order valence-electron chi connectivity index (χ4n) is 3.76. The molecule has 2 fully saturated rings. The lowest BCUT2D eigenvalue weighted by Gasteiger charge is -2.40. The molecule has 1 aromatic rings. The van der Waals surface area contributed by atoms with Gasteiger partial charge in [0.15, 0.2) is 0 Å². The van der Waals surface area contributed by atoms with Crippen LogP contribution in [-0.2, 0) is 6.54 Å². The zero-order valence-electron chi connectivity index (χ0n) is 11.9. The molecule has 1 saturated carbocycles. The highest BCUT2D eigenvalue weighted by Crippen LogP contribution is 2.30. The van der Waals surface area contributed by atoms with E-state index in [1.807, 2.05) is 0 Å². The van der Waals surface area contributed by atoms with E-state index in [1.54, 1.807) is 0 Å². The number of benzene rings is 1. The summed E-state index contributed by atoms with van der Waals surface area (Å²) in [6.07, 6.45) is 8.28. The third-order valence-corrected chi connectivity index (χ3v) is 4.74. The molecule has 2 aliphatic rings. The molecule has 2 nitrogen and oxygen atoms in total. The summed E-state index contributed by atoms with van der Waals surface area (Å²) in [6, 6.07) is 10.9. The van der Waals surface area contributed by atoms with Gasteiger partial charge in [-0.15, -0.1) is 0 Å². The second-order valence-corrected chi connectivity index (χ2v) is 6.32. The topological polar surface area (TPSA) is 15.3 Å². The first-order valence-electron chi connectivity index (χ1n) is 7.88. The van der Waals surface area contributed by atoms with Crippen molar-refractivity contribution in [3.63, 3.8) is 0 Å². The van der Waals surface area contributed by atoms with Gasteiger partial charge < -0.3 is 5.32 Å². The Bertz CT molecular complexity index is 382. The molecule has 0 bridgehead atoms. The molecule has 1 aliphatic carbocycles. The molecule has 2 heteroatoms. The number of hydrogen-bond acceptors (Lipinski definition) is 2. The minimum absolute atomic E-state index is 0.420. The molecule has 0 radical (unpaired) electrons. The van der Waals surface area contributed by atoms with Gasteiger partial charge in [0.05, 0.1) is 0 Å². The lowest BCUT2D eigenvalue weighted by molar-refractivity contribution is 0.159. The van der Waals surface area contributed by atoms with E-state index in [1.165, 1.54) is 63.7 Å². The highest BCUT2D eigenvalue weighted by atomic mass is 15.2. The third-order valence-electron chi connectivity index (χ3n) is 4.74. The Labute approximate surface area is 117 Å². The first-order valence-corrected chi connectivity index (χ1v) is 7.88. The number of nitrogens with one attached hydrogen (secondary N) is 1. The molecular weight excluding hydrogens is 232 g/mol. The SMILES string of the molecule is c1ccc(CN2CCCNC3(CCCCC3)C2)cc1.